The molecule has 9 nitrogen and oxygen atoms in total. The first-order valence-electron chi connectivity index (χ1n) is 11.4. The van der Waals surface area contributed by atoms with E-state index >= 15 is 0 Å². The highest BCUT2D eigenvalue weighted by Crippen LogP contribution is 2.34. The van der Waals surface area contributed by atoms with Crippen LogP contribution in [-0.2, 0) is 14.2 Å². The molecule has 0 unspecified atom stereocenters. The third-order valence-electron chi connectivity index (χ3n) is 6.02. The summed E-state index contributed by atoms with van der Waals surface area (Å²) >= 11 is 3.38. The Morgan fingerprint density at radius 2 is 1.61 bits per heavy atom. The first kappa shape index (κ1) is 24.1. The summed E-state index contributed by atoms with van der Waals surface area (Å²) in [6.45, 7) is 3.80. The van der Waals surface area contributed by atoms with Crippen LogP contribution in [0.25, 0.3) is 11.2 Å². The van der Waals surface area contributed by atoms with Crippen molar-refractivity contribution in [3.8, 4) is 0 Å². The van der Waals surface area contributed by atoms with Gasteiger partial charge < -0.3 is 14.2 Å². The van der Waals surface area contributed by atoms with Gasteiger partial charge in [-0.2, -0.15) is 0 Å². The number of carbonyl (C=O) groups is 2. The zero-order chi connectivity index (χ0) is 25.2. The molecule has 36 heavy (non-hydrogen) atoms. The number of halogens is 1. The average molecular weight is 551 g/mol. The lowest BCUT2D eigenvalue weighted by molar-refractivity contribution is -0.0563. The van der Waals surface area contributed by atoms with E-state index in [0.717, 1.165) is 11.1 Å². The summed E-state index contributed by atoms with van der Waals surface area (Å²) in [5.74, 6) is -0.949. The Kier molecular flexibility index (Phi) is 6.80. The van der Waals surface area contributed by atoms with Crippen molar-refractivity contribution >= 4 is 39.0 Å². The Morgan fingerprint density at radius 1 is 0.972 bits per heavy atom. The third kappa shape index (κ3) is 5.00. The number of esters is 2. The minimum atomic E-state index is -0.679. The molecule has 0 bridgehead atoms. The summed E-state index contributed by atoms with van der Waals surface area (Å²) in [6, 6.07) is 14.2. The molecule has 2 aromatic carbocycles. The standard InChI is InChI=1S/C26H23BrN4O5/c1-15-3-7-17(8-4-15)25(32)34-12-20-19(36-26(33)18-9-5-16(2)6-10-18)11-21(35-20)31-14-30-22-23(27)28-13-29-24(22)31/h3-10,13-14,19-21H,11-12H2,1-2H3/t19-,20+,21+/m0/s1. The van der Waals surface area contributed by atoms with E-state index in [0.29, 0.717) is 33.3 Å². The fourth-order valence-electron chi connectivity index (χ4n) is 4.01. The number of carbonyl (C=O) groups excluding carboxylic acids is 2. The Bertz CT molecular complexity index is 1400. The van der Waals surface area contributed by atoms with E-state index in [9.17, 15) is 9.59 Å². The highest BCUT2D eigenvalue weighted by Gasteiger charge is 2.40. The van der Waals surface area contributed by atoms with Crippen molar-refractivity contribution in [2.24, 2.45) is 0 Å². The summed E-state index contributed by atoms with van der Waals surface area (Å²) in [5, 5.41) is 0. The molecule has 0 N–H and O–H groups in total. The lowest BCUT2D eigenvalue weighted by atomic mass is 10.1. The molecule has 0 saturated carbocycles. The number of benzene rings is 2. The van der Waals surface area contributed by atoms with E-state index in [4.69, 9.17) is 14.2 Å². The first-order valence-corrected chi connectivity index (χ1v) is 12.2. The molecule has 0 radical (unpaired) electrons. The zero-order valence-electron chi connectivity index (χ0n) is 19.6. The van der Waals surface area contributed by atoms with E-state index in [1.165, 1.54) is 6.33 Å². The average Bonchev–Trinajstić information content (AvgIpc) is 3.48. The summed E-state index contributed by atoms with van der Waals surface area (Å²) < 4.78 is 19.9. The second-order valence-corrected chi connectivity index (χ2v) is 9.38. The molecule has 5 rings (SSSR count). The number of aromatic nitrogens is 4. The lowest BCUT2D eigenvalue weighted by Crippen LogP contribution is -2.32. The molecule has 3 atom stereocenters. The van der Waals surface area contributed by atoms with E-state index in [2.05, 4.69) is 30.9 Å². The topological polar surface area (TPSA) is 105 Å². The maximum Gasteiger partial charge on any atom is 0.338 e. The molecule has 0 aliphatic carbocycles. The van der Waals surface area contributed by atoms with Crippen molar-refractivity contribution < 1.29 is 23.8 Å². The number of nitrogens with zero attached hydrogens (tertiary/aromatic N) is 4. The molecule has 10 heteroatoms. The highest BCUT2D eigenvalue weighted by atomic mass is 79.9. The monoisotopic (exact) mass is 550 g/mol. The van der Waals surface area contributed by atoms with Crippen LogP contribution in [0, 0.1) is 13.8 Å². The van der Waals surface area contributed by atoms with Gasteiger partial charge in [-0.15, -0.1) is 0 Å². The van der Waals surface area contributed by atoms with Crippen LogP contribution in [0.4, 0.5) is 0 Å². The van der Waals surface area contributed by atoms with Crippen molar-refractivity contribution in [1.29, 1.82) is 0 Å². The largest absolute Gasteiger partial charge is 0.459 e. The molecule has 0 spiro atoms. The van der Waals surface area contributed by atoms with Gasteiger partial charge in [0.15, 0.2) is 5.65 Å². The van der Waals surface area contributed by atoms with Crippen LogP contribution in [0.5, 0.6) is 0 Å². The van der Waals surface area contributed by atoms with Crippen molar-refractivity contribution in [3.05, 3.63) is 88.0 Å². The van der Waals surface area contributed by atoms with Gasteiger partial charge >= 0.3 is 11.9 Å². The van der Waals surface area contributed by atoms with Crippen molar-refractivity contribution in [2.45, 2.75) is 38.7 Å². The lowest BCUT2D eigenvalue weighted by Gasteiger charge is -2.19. The fraction of sp³-hybridized carbons (Fsp3) is 0.269. The van der Waals surface area contributed by atoms with Crippen LogP contribution >= 0.6 is 15.9 Å². The molecule has 3 heterocycles. The zero-order valence-corrected chi connectivity index (χ0v) is 21.2. The van der Waals surface area contributed by atoms with Crippen LogP contribution in [0.15, 0.2) is 65.8 Å². The van der Waals surface area contributed by atoms with Gasteiger partial charge in [-0.3, -0.25) is 4.57 Å². The maximum atomic E-state index is 12.9. The second kappa shape index (κ2) is 10.2. The summed E-state index contributed by atoms with van der Waals surface area (Å²) in [7, 11) is 0. The van der Waals surface area contributed by atoms with E-state index in [-0.39, 0.29) is 6.61 Å². The predicted molar refractivity (Wildman–Crippen MR) is 133 cm³/mol. The predicted octanol–water partition coefficient (Wildman–Crippen LogP) is 4.58. The van der Waals surface area contributed by atoms with Crippen LogP contribution in [0.2, 0.25) is 0 Å². The second-order valence-electron chi connectivity index (χ2n) is 8.63. The molecular weight excluding hydrogens is 528 g/mol. The van der Waals surface area contributed by atoms with Gasteiger partial charge in [0.25, 0.3) is 0 Å². The maximum absolute atomic E-state index is 12.9. The Morgan fingerprint density at radius 3 is 2.28 bits per heavy atom. The Hall–Kier alpha value is -3.63. The number of fused-ring (bicyclic) bond motifs is 1. The summed E-state index contributed by atoms with van der Waals surface area (Å²) in [4.78, 5) is 38.3. The van der Waals surface area contributed by atoms with Crippen molar-refractivity contribution in [1.82, 2.24) is 19.5 Å². The minimum Gasteiger partial charge on any atom is -0.459 e. The summed E-state index contributed by atoms with van der Waals surface area (Å²) in [6.07, 6.45) is 1.50. The summed E-state index contributed by atoms with van der Waals surface area (Å²) in [5.41, 5.74) is 4.11. The van der Waals surface area contributed by atoms with Gasteiger partial charge in [0.1, 0.15) is 41.5 Å². The molecular formula is C26H23BrN4O5. The Balaban J connectivity index is 1.36. The quantitative estimate of drug-likeness (QED) is 0.254. The number of ether oxygens (including phenoxy) is 3. The molecule has 184 valence electrons. The number of aryl methyl sites for hydroxylation is 2. The molecule has 0 amide bonds. The van der Waals surface area contributed by atoms with E-state index < -0.39 is 30.4 Å². The molecule has 4 aromatic rings. The van der Waals surface area contributed by atoms with Crippen LogP contribution < -0.4 is 0 Å². The van der Waals surface area contributed by atoms with Crippen LogP contribution in [0.3, 0.4) is 0 Å². The molecule has 1 fully saturated rings. The Labute approximate surface area is 215 Å². The SMILES string of the molecule is Cc1ccc(C(=O)OC[C@H]2O[C@@H](n3cnc4c(Br)ncnc43)C[C@@H]2OC(=O)c2ccc(C)cc2)cc1. The minimum absolute atomic E-state index is 0.0830. The number of rotatable bonds is 6. The molecule has 1 aliphatic rings. The first-order chi connectivity index (χ1) is 17.4. The van der Waals surface area contributed by atoms with Gasteiger partial charge in [-0.25, -0.2) is 24.5 Å². The van der Waals surface area contributed by atoms with Gasteiger partial charge in [-0.05, 0) is 54.0 Å². The molecule has 1 saturated heterocycles. The highest BCUT2D eigenvalue weighted by molar-refractivity contribution is 9.10. The van der Waals surface area contributed by atoms with Crippen molar-refractivity contribution in [3.63, 3.8) is 0 Å². The normalized spacial score (nSPS) is 19.4. The number of imidazole rings is 1. The third-order valence-corrected chi connectivity index (χ3v) is 6.60. The smallest absolute Gasteiger partial charge is 0.338 e. The van der Waals surface area contributed by atoms with Gasteiger partial charge in [0, 0.05) is 6.42 Å². The van der Waals surface area contributed by atoms with Crippen LogP contribution in [0.1, 0.15) is 44.5 Å². The number of hydrogen-bond acceptors (Lipinski definition) is 8. The van der Waals surface area contributed by atoms with Gasteiger partial charge in [-0.1, -0.05) is 35.4 Å². The fourth-order valence-corrected chi connectivity index (χ4v) is 4.38. The van der Waals surface area contributed by atoms with Crippen molar-refractivity contribution in [2.75, 3.05) is 6.61 Å². The number of hydrogen-bond donors (Lipinski definition) is 0. The van der Waals surface area contributed by atoms with E-state index in [1.54, 1.807) is 35.2 Å². The molecule has 2 aromatic heterocycles. The van der Waals surface area contributed by atoms with Crippen LogP contribution in [-0.4, -0.2) is 50.3 Å². The molecule has 1 aliphatic heterocycles. The van der Waals surface area contributed by atoms with E-state index in [1.807, 2.05) is 38.1 Å². The van der Waals surface area contributed by atoms with Gasteiger partial charge in [0.05, 0.1) is 17.5 Å². The van der Waals surface area contributed by atoms with Gasteiger partial charge in [0.2, 0.25) is 0 Å².